The second kappa shape index (κ2) is 10.2. The Morgan fingerprint density at radius 3 is 2.42 bits per heavy atom. The lowest BCUT2D eigenvalue weighted by molar-refractivity contribution is -0.384. The van der Waals surface area contributed by atoms with E-state index in [1.54, 1.807) is 15.9 Å². The molecule has 174 valence electrons. The smallest absolute Gasteiger partial charge is 0.294 e. The maximum Gasteiger partial charge on any atom is 0.294 e. The first kappa shape index (κ1) is 23.1. The Bertz CT molecular complexity index is 1040. The van der Waals surface area contributed by atoms with Gasteiger partial charge in [-0.15, -0.1) is 0 Å². The van der Waals surface area contributed by atoms with E-state index in [4.69, 9.17) is 0 Å². The predicted molar refractivity (Wildman–Crippen MR) is 125 cm³/mol. The molecule has 11 heteroatoms. The number of benzene rings is 1. The maximum absolute atomic E-state index is 13.3. The molecule has 2 aliphatic heterocycles. The van der Waals surface area contributed by atoms with Gasteiger partial charge in [-0.05, 0) is 38.2 Å². The SMILES string of the molecule is O=C(c1cncnc1)N1CCC[C@@H](Nc2c(C(=O)N3CCCCC3)cc(Br)cc2[N+](=O)[O-])C1. The fourth-order valence-electron chi connectivity index (χ4n) is 4.40. The molecule has 2 aromatic rings. The number of likely N-dealkylation sites (tertiary alicyclic amines) is 2. The average molecular weight is 517 g/mol. The molecule has 2 aliphatic rings. The van der Waals surface area contributed by atoms with Gasteiger partial charge in [0.05, 0.1) is 16.1 Å². The molecule has 3 heterocycles. The van der Waals surface area contributed by atoms with E-state index in [-0.39, 0.29) is 34.8 Å². The zero-order valence-electron chi connectivity index (χ0n) is 18.1. The van der Waals surface area contributed by atoms with Gasteiger partial charge >= 0.3 is 0 Å². The highest BCUT2D eigenvalue weighted by Gasteiger charge is 2.31. The van der Waals surface area contributed by atoms with E-state index >= 15 is 0 Å². The van der Waals surface area contributed by atoms with Gasteiger partial charge in [0.1, 0.15) is 12.0 Å². The number of hydrogen-bond acceptors (Lipinski definition) is 7. The molecule has 0 bridgehead atoms. The lowest BCUT2D eigenvalue weighted by atomic mass is 10.0. The first-order valence-electron chi connectivity index (χ1n) is 11.0. The summed E-state index contributed by atoms with van der Waals surface area (Å²) in [5.74, 6) is -0.399. The molecule has 1 aromatic carbocycles. The fraction of sp³-hybridized carbons (Fsp3) is 0.455. The Labute approximate surface area is 199 Å². The zero-order valence-corrected chi connectivity index (χ0v) is 19.7. The number of rotatable bonds is 5. The van der Waals surface area contributed by atoms with Crippen LogP contribution in [0.3, 0.4) is 0 Å². The van der Waals surface area contributed by atoms with Crippen LogP contribution in [-0.2, 0) is 0 Å². The molecule has 10 nitrogen and oxygen atoms in total. The van der Waals surface area contributed by atoms with E-state index in [2.05, 4.69) is 31.2 Å². The fourth-order valence-corrected chi connectivity index (χ4v) is 4.85. The lowest BCUT2D eigenvalue weighted by Gasteiger charge is -2.34. The third-order valence-corrected chi connectivity index (χ3v) is 6.48. The van der Waals surface area contributed by atoms with Crippen molar-refractivity contribution in [1.29, 1.82) is 0 Å². The minimum absolute atomic E-state index is 0.162. The number of halogens is 1. The number of nitrogens with zero attached hydrogens (tertiary/aromatic N) is 5. The van der Waals surface area contributed by atoms with Gasteiger partial charge in [0.2, 0.25) is 0 Å². The van der Waals surface area contributed by atoms with Crippen LogP contribution in [0.2, 0.25) is 0 Å². The minimum Gasteiger partial charge on any atom is -0.374 e. The number of carbonyl (C=O) groups is 2. The van der Waals surface area contributed by atoms with Crippen LogP contribution in [0.5, 0.6) is 0 Å². The number of anilines is 1. The van der Waals surface area contributed by atoms with Gasteiger partial charge in [-0.25, -0.2) is 9.97 Å². The van der Waals surface area contributed by atoms with Crippen LogP contribution in [0.1, 0.15) is 52.8 Å². The Kier molecular flexibility index (Phi) is 7.17. The standard InChI is InChI=1S/C22H25BrN6O4/c23-16-9-18(22(31)27-6-2-1-3-7-27)20(19(10-16)29(32)33)26-17-5-4-8-28(13-17)21(30)15-11-24-14-25-12-15/h9-12,14,17,26H,1-8,13H2/t17-/m1/s1. The van der Waals surface area contributed by atoms with Crippen LogP contribution in [0.15, 0.2) is 35.3 Å². The van der Waals surface area contributed by atoms with E-state index < -0.39 is 4.92 Å². The molecule has 0 spiro atoms. The summed E-state index contributed by atoms with van der Waals surface area (Å²) in [4.78, 5) is 48.8. The first-order chi connectivity index (χ1) is 15.9. The highest BCUT2D eigenvalue weighted by molar-refractivity contribution is 9.10. The summed E-state index contributed by atoms with van der Waals surface area (Å²) in [5, 5.41) is 15.1. The lowest BCUT2D eigenvalue weighted by Crippen LogP contribution is -2.45. The van der Waals surface area contributed by atoms with Crippen LogP contribution in [0, 0.1) is 10.1 Å². The number of nitro benzene ring substituents is 1. The van der Waals surface area contributed by atoms with Crippen molar-refractivity contribution in [3.05, 3.63) is 56.6 Å². The van der Waals surface area contributed by atoms with Gasteiger partial charge in [0, 0.05) is 55.2 Å². The largest absolute Gasteiger partial charge is 0.374 e. The van der Waals surface area contributed by atoms with Crippen molar-refractivity contribution in [3.8, 4) is 0 Å². The molecule has 0 radical (unpaired) electrons. The maximum atomic E-state index is 13.3. The number of nitrogens with one attached hydrogen (secondary N) is 1. The predicted octanol–water partition coefficient (Wildman–Crippen LogP) is 3.49. The van der Waals surface area contributed by atoms with E-state index in [0.717, 1.165) is 32.1 Å². The monoisotopic (exact) mass is 516 g/mol. The quantitative estimate of drug-likeness (QED) is 0.476. The Morgan fingerprint density at radius 1 is 1.03 bits per heavy atom. The second-order valence-electron chi connectivity index (χ2n) is 8.32. The van der Waals surface area contributed by atoms with Crippen molar-refractivity contribution < 1.29 is 14.5 Å². The van der Waals surface area contributed by atoms with Gasteiger partial charge in [0.25, 0.3) is 17.5 Å². The van der Waals surface area contributed by atoms with Gasteiger partial charge < -0.3 is 15.1 Å². The van der Waals surface area contributed by atoms with Crippen LogP contribution in [0.4, 0.5) is 11.4 Å². The van der Waals surface area contributed by atoms with E-state index in [0.29, 0.717) is 36.2 Å². The van der Waals surface area contributed by atoms with E-state index in [1.807, 2.05) is 0 Å². The Morgan fingerprint density at radius 2 is 1.73 bits per heavy atom. The molecule has 1 aromatic heterocycles. The van der Waals surface area contributed by atoms with Crippen LogP contribution < -0.4 is 5.32 Å². The summed E-state index contributed by atoms with van der Waals surface area (Å²) < 4.78 is 0.477. The minimum atomic E-state index is -0.479. The Hall–Kier alpha value is -3.08. The topological polar surface area (TPSA) is 122 Å². The summed E-state index contributed by atoms with van der Waals surface area (Å²) in [5.41, 5.74) is 0.720. The van der Waals surface area contributed by atoms with Crippen LogP contribution in [0.25, 0.3) is 0 Å². The van der Waals surface area contributed by atoms with Crippen molar-refractivity contribution in [3.63, 3.8) is 0 Å². The summed E-state index contributed by atoms with van der Waals surface area (Å²) in [7, 11) is 0. The van der Waals surface area contributed by atoms with E-state index in [1.165, 1.54) is 24.8 Å². The molecule has 4 rings (SSSR count). The number of amides is 2. The third kappa shape index (κ3) is 5.29. The van der Waals surface area contributed by atoms with Gasteiger partial charge in [-0.1, -0.05) is 15.9 Å². The Balaban J connectivity index is 1.60. The molecular formula is C22H25BrN6O4. The van der Waals surface area contributed by atoms with Crippen molar-refractivity contribution in [2.24, 2.45) is 0 Å². The molecular weight excluding hydrogens is 492 g/mol. The molecule has 0 unspecified atom stereocenters. The van der Waals surface area contributed by atoms with Crippen molar-refractivity contribution in [2.45, 2.75) is 38.1 Å². The average Bonchev–Trinajstić information content (AvgIpc) is 2.85. The summed E-state index contributed by atoms with van der Waals surface area (Å²) in [6.07, 6.45) is 8.69. The number of carbonyl (C=O) groups excluding carboxylic acids is 2. The zero-order chi connectivity index (χ0) is 23.4. The van der Waals surface area contributed by atoms with Crippen molar-refractivity contribution in [1.82, 2.24) is 19.8 Å². The highest BCUT2D eigenvalue weighted by Crippen LogP contribution is 2.35. The summed E-state index contributed by atoms with van der Waals surface area (Å²) in [6, 6.07) is 2.81. The molecule has 2 amide bonds. The number of piperidine rings is 2. The molecule has 2 saturated heterocycles. The number of hydrogen-bond donors (Lipinski definition) is 1. The van der Waals surface area contributed by atoms with Crippen molar-refractivity contribution in [2.75, 3.05) is 31.5 Å². The summed E-state index contributed by atoms with van der Waals surface area (Å²) >= 11 is 3.32. The second-order valence-corrected chi connectivity index (χ2v) is 9.23. The molecule has 1 atom stereocenters. The van der Waals surface area contributed by atoms with Crippen LogP contribution >= 0.6 is 15.9 Å². The molecule has 0 saturated carbocycles. The number of aromatic nitrogens is 2. The molecule has 2 fully saturated rings. The van der Waals surface area contributed by atoms with Crippen LogP contribution in [-0.4, -0.2) is 68.7 Å². The van der Waals surface area contributed by atoms with E-state index in [9.17, 15) is 19.7 Å². The third-order valence-electron chi connectivity index (χ3n) is 6.02. The normalized spacial score (nSPS) is 18.6. The van der Waals surface area contributed by atoms with Gasteiger partial charge in [-0.2, -0.15) is 0 Å². The van der Waals surface area contributed by atoms with Gasteiger partial charge in [0.15, 0.2) is 0 Å². The molecule has 33 heavy (non-hydrogen) atoms. The highest BCUT2D eigenvalue weighted by atomic mass is 79.9. The van der Waals surface area contributed by atoms with Crippen molar-refractivity contribution >= 4 is 39.1 Å². The molecule has 1 N–H and O–H groups in total. The molecule has 0 aliphatic carbocycles. The first-order valence-corrected chi connectivity index (χ1v) is 11.8. The summed E-state index contributed by atoms with van der Waals surface area (Å²) in [6.45, 7) is 2.22. The van der Waals surface area contributed by atoms with Gasteiger partial charge in [-0.3, -0.25) is 19.7 Å². The number of nitro groups is 1.